The number of ether oxygens (including phenoxy) is 1. The fourth-order valence-electron chi connectivity index (χ4n) is 1.84. The topological polar surface area (TPSA) is 41.9 Å². The summed E-state index contributed by atoms with van der Waals surface area (Å²) < 4.78 is 5.02. The van der Waals surface area contributed by atoms with Crippen molar-refractivity contribution in [3.8, 4) is 0 Å². The molecule has 4 heteroatoms. The van der Waals surface area contributed by atoms with Crippen molar-refractivity contribution in [3.05, 3.63) is 0 Å². The molecule has 1 aliphatic heterocycles. The summed E-state index contributed by atoms with van der Waals surface area (Å²) in [5.41, 5.74) is 0. The van der Waals surface area contributed by atoms with E-state index in [4.69, 9.17) is 4.74 Å². The summed E-state index contributed by atoms with van der Waals surface area (Å²) in [6.07, 6.45) is 1.76. The zero-order chi connectivity index (χ0) is 11.3. The van der Waals surface area contributed by atoms with Crippen LogP contribution in [0.3, 0.4) is 0 Å². The van der Waals surface area contributed by atoms with Gasteiger partial charge in [0.25, 0.3) is 0 Å². The zero-order valence-electron chi connectivity index (χ0n) is 9.82. The number of carbonyl (C=O) groups excluding carboxylic acids is 1. The maximum absolute atomic E-state index is 11.5. The highest BCUT2D eigenvalue weighted by Crippen LogP contribution is 2.18. The van der Waals surface area contributed by atoms with E-state index in [9.17, 15) is 4.79 Å². The van der Waals surface area contributed by atoms with Crippen molar-refractivity contribution in [1.82, 2.24) is 4.90 Å². The van der Waals surface area contributed by atoms with Crippen LogP contribution in [0.4, 0.5) is 0 Å². The van der Waals surface area contributed by atoms with Gasteiger partial charge in [-0.1, -0.05) is 0 Å². The predicted molar refractivity (Wildman–Crippen MR) is 60.0 cm³/mol. The molecule has 1 fully saturated rings. The molecule has 1 rings (SSSR count). The van der Waals surface area contributed by atoms with Crippen LogP contribution in [0.15, 0.2) is 4.99 Å². The first kappa shape index (κ1) is 12.0. The first-order valence-corrected chi connectivity index (χ1v) is 5.54. The molecule has 0 saturated carbocycles. The molecule has 0 aromatic rings. The van der Waals surface area contributed by atoms with Crippen LogP contribution < -0.4 is 0 Å². The van der Waals surface area contributed by atoms with Crippen LogP contribution in [0.1, 0.15) is 26.7 Å². The number of amidine groups is 1. The van der Waals surface area contributed by atoms with Crippen molar-refractivity contribution in [2.45, 2.75) is 26.7 Å². The highest BCUT2D eigenvalue weighted by Gasteiger charge is 2.26. The number of nitrogens with zero attached hydrogens (tertiary/aromatic N) is 2. The molecule has 0 bridgehead atoms. The standard InChI is InChI=1S/C11H20N2O2/c1-4-15-11(14)10-5-7-13(8-6-10)9(2)12-3/h10H,4-8H2,1-3H3/b12-9+. The number of likely N-dealkylation sites (tertiary alicyclic amines) is 1. The van der Waals surface area contributed by atoms with Crippen LogP contribution in [-0.2, 0) is 9.53 Å². The fourth-order valence-corrected chi connectivity index (χ4v) is 1.84. The summed E-state index contributed by atoms with van der Waals surface area (Å²) in [4.78, 5) is 17.8. The number of carbonyl (C=O) groups is 1. The van der Waals surface area contributed by atoms with Crippen molar-refractivity contribution in [1.29, 1.82) is 0 Å². The summed E-state index contributed by atoms with van der Waals surface area (Å²) in [6, 6.07) is 0. The van der Waals surface area contributed by atoms with E-state index in [-0.39, 0.29) is 11.9 Å². The van der Waals surface area contributed by atoms with Gasteiger partial charge < -0.3 is 9.64 Å². The van der Waals surface area contributed by atoms with Gasteiger partial charge in [-0.25, -0.2) is 0 Å². The lowest BCUT2D eigenvalue weighted by Crippen LogP contribution is -2.39. The molecule has 1 saturated heterocycles. The van der Waals surface area contributed by atoms with E-state index in [0.717, 1.165) is 31.8 Å². The molecule has 0 aromatic heterocycles. The van der Waals surface area contributed by atoms with Crippen molar-refractivity contribution >= 4 is 11.8 Å². The third-order valence-electron chi connectivity index (χ3n) is 2.90. The molecule has 0 unspecified atom stereocenters. The molecule has 86 valence electrons. The lowest BCUT2D eigenvalue weighted by atomic mass is 9.97. The number of rotatable bonds is 2. The van der Waals surface area contributed by atoms with Crippen LogP contribution in [0, 0.1) is 5.92 Å². The molecule has 0 spiro atoms. The molecule has 0 radical (unpaired) electrons. The number of aliphatic imine (C=N–C) groups is 1. The molecule has 4 nitrogen and oxygen atoms in total. The molecule has 1 aliphatic rings. The Balaban J connectivity index is 2.39. The van der Waals surface area contributed by atoms with Gasteiger partial charge in [-0.05, 0) is 26.7 Å². The first-order valence-electron chi connectivity index (χ1n) is 5.54. The van der Waals surface area contributed by atoms with Gasteiger partial charge in [0.15, 0.2) is 0 Å². The van der Waals surface area contributed by atoms with Gasteiger partial charge in [0.05, 0.1) is 18.4 Å². The molecule has 0 N–H and O–H groups in total. The van der Waals surface area contributed by atoms with Crippen LogP contribution >= 0.6 is 0 Å². The van der Waals surface area contributed by atoms with Crippen molar-refractivity contribution in [2.75, 3.05) is 26.7 Å². The lowest BCUT2D eigenvalue weighted by Gasteiger charge is -2.31. The number of esters is 1. The van der Waals surface area contributed by atoms with Crippen molar-refractivity contribution < 1.29 is 9.53 Å². The first-order chi connectivity index (χ1) is 7.19. The smallest absolute Gasteiger partial charge is 0.309 e. The van der Waals surface area contributed by atoms with Gasteiger partial charge in [0.2, 0.25) is 0 Å². The van der Waals surface area contributed by atoms with Crippen molar-refractivity contribution in [2.24, 2.45) is 10.9 Å². The Morgan fingerprint density at radius 1 is 1.47 bits per heavy atom. The minimum absolute atomic E-state index is 0.0387. The van der Waals surface area contributed by atoms with E-state index >= 15 is 0 Å². The van der Waals surface area contributed by atoms with Crippen LogP contribution in [0.2, 0.25) is 0 Å². The number of hydrogen-bond donors (Lipinski definition) is 0. The van der Waals surface area contributed by atoms with E-state index in [1.165, 1.54) is 0 Å². The number of piperidine rings is 1. The molecule has 0 atom stereocenters. The second-order valence-corrected chi connectivity index (χ2v) is 3.78. The highest BCUT2D eigenvalue weighted by molar-refractivity contribution is 5.80. The molecule has 0 aromatic carbocycles. The molecule has 0 aliphatic carbocycles. The van der Waals surface area contributed by atoms with E-state index < -0.39 is 0 Å². The SMILES string of the molecule is CCOC(=O)C1CCN(/C(C)=N/C)CC1. The highest BCUT2D eigenvalue weighted by atomic mass is 16.5. The van der Waals surface area contributed by atoms with E-state index in [2.05, 4.69) is 9.89 Å². The van der Waals surface area contributed by atoms with E-state index in [0.29, 0.717) is 6.61 Å². The Hall–Kier alpha value is -1.06. The largest absolute Gasteiger partial charge is 0.466 e. The molecule has 1 heterocycles. The third kappa shape index (κ3) is 3.22. The maximum Gasteiger partial charge on any atom is 0.309 e. The van der Waals surface area contributed by atoms with Crippen LogP contribution in [-0.4, -0.2) is 43.4 Å². The van der Waals surface area contributed by atoms with Gasteiger partial charge >= 0.3 is 5.97 Å². The van der Waals surface area contributed by atoms with Crippen LogP contribution in [0.25, 0.3) is 0 Å². The summed E-state index contributed by atoms with van der Waals surface area (Å²) in [7, 11) is 1.80. The second kappa shape index (κ2) is 5.73. The minimum Gasteiger partial charge on any atom is -0.466 e. The summed E-state index contributed by atoms with van der Waals surface area (Å²) in [5.74, 6) is 1.10. The Labute approximate surface area is 91.3 Å². The Morgan fingerprint density at radius 3 is 2.53 bits per heavy atom. The van der Waals surface area contributed by atoms with Crippen molar-refractivity contribution in [3.63, 3.8) is 0 Å². The molecule has 15 heavy (non-hydrogen) atoms. The average molecular weight is 212 g/mol. The summed E-state index contributed by atoms with van der Waals surface area (Å²) >= 11 is 0. The Morgan fingerprint density at radius 2 is 2.07 bits per heavy atom. The zero-order valence-corrected chi connectivity index (χ0v) is 9.82. The molecular formula is C11H20N2O2. The quantitative estimate of drug-likeness (QED) is 0.394. The van der Waals surface area contributed by atoms with E-state index in [1.54, 1.807) is 7.05 Å². The second-order valence-electron chi connectivity index (χ2n) is 3.78. The van der Waals surface area contributed by atoms with Gasteiger partial charge in [-0.15, -0.1) is 0 Å². The maximum atomic E-state index is 11.5. The Kier molecular flexibility index (Phi) is 4.59. The van der Waals surface area contributed by atoms with E-state index in [1.807, 2.05) is 13.8 Å². The van der Waals surface area contributed by atoms with Gasteiger partial charge in [0.1, 0.15) is 0 Å². The summed E-state index contributed by atoms with van der Waals surface area (Å²) in [5, 5.41) is 0. The predicted octanol–water partition coefficient (Wildman–Crippen LogP) is 1.31. The minimum atomic E-state index is -0.0387. The third-order valence-corrected chi connectivity index (χ3v) is 2.90. The lowest BCUT2D eigenvalue weighted by molar-refractivity contribution is -0.149. The van der Waals surface area contributed by atoms with Gasteiger partial charge in [-0.3, -0.25) is 9.79 Å². The average Bonchev–Trinajstić information content (AvgIpc) is 2.28. The van der Waals surface area contributed by atoms with Crippen LogP contribution in [0.5, 0.6) is 0 Å². The van der Waals surface area contributed by atoms with Gasteiger partial charge in [0, 0.05) is 20.1 Å². The van der Waals surface area contributed by atoms with Gasteiger partial charge in [-0.2, -0.15) is 0 Å². The summed E-state index contributed by atoms with van der Waals surface area (Å²) in [6.45, 7) is 6.15. The normalized spacial score (nSPS) is 19.1. The Bertz CT molecular complexity index is 243. The molecular weight excluding hydrogens is 192 g/mol. The fraction of sp³-hybridized carbons (Fsp3) is 0.818. The monoisotopic (exact) mass is 212 g/mol. The number of hydrogen-bond acceptors (Lipinski definition) is 3. The molecule has 0 amide bonds.